The minimum atomic E-state index is -1.55. The molecule has 1 heterocycles. The fourth-order valence-electron chi connectivity index (χ4n) is 2.35. The van der Waals surface area contributed by atoms with Gasteiger partial charge in [-0.25, -0.2) is 0 Å². The first-order chi connectivity index (χ1) is 10.8. The van der Waals surface area contributed by atoms with Crippen LogP contribution in [-0.2, 0) is 4.74 Å². The van der Waals surface area contributed by atoms with Crippen LogP contribution in [0.5, 0.6) is 5.75 Å². The summed E-state index contributed by atoms with van der Waals surface area (Å²) >= 11 is 0. The first-order valence-electron chi connectivity index (χ1n) is 7.46. The van der Waals surface area contributed by atoms with E-state index in [1.54, 1.807) is 12.1 Å². The second kappa shape index (κ2) is 7.37. The van der Waals surface area contributed by atoms with E-state index in [0.29, 0.717) is 0 Å². The zero-order valence-corrected chi connectivity index (χ0v) is 13.0. The minimum Gasteiger partial charge on any atom is -0.458 e. The Morgan fingerprint density at radius 1 is 1.17 bits per heavy atom. The molecule has 4 N–H and O–H groups in total. The quantitative estimate of drug-likeness (QED) is 0.581. The molecule has 23 heavy (non-hydrogen) atoms. The summed E-state index contributed by atoms with van der Waals surface area (Å²) in [6.45, 7) is 3.34. The van der Waals surface area contributed by atoms with E-state index in [2.05, 4.69) is 0 Å². The summed E-state index contributed by atoms with van der Waals surface area (Å²) in [5.74, 6) is 0.108. The molecular formula is C16H22O7. The summed E-state index contributed by atoms with van der Waals surface area (Å²) in [5, 5.41) is 38.5. The third-order valence-corrected chi connectivity index (χ3v) is 3.84. The van der Waals surface area contributed by atoms with Crippen molar-refractivity contribution in [3.05, 3.63) is 40.1 Å². The molecule has 0 aliphatic carbocycles. The van der Waals surface area contributed by atoms with Gasteiger partial charge in [0.1, 0.15) is 24.4 Å². The molecule has 0 amide bonds. The topological polar surface area (TPSA) is 116 Å². The molecule has 7 heteroatoms. The first-order valence-corrected chi connectivity index (χ1v) is 7.46. The van der Waals surface area contributed by atoms with Gasteiger partial charge in [0.25, 0.3) is 0 Å². The molecule has 1 unspecified atom stereocenters. The molecule has 1 fully saturated rings. The molecule has 0 aromatic heterocycles. The van der Waals surface area contributed by atoms with Gasteiger partial charge >= 0.3 is 0 Å². The second-order valence-corrected chi connectivity index (χ2v) is 5.87. The second-order valence-electron chi connectivity index (χ2n) is 5.87. The van der Waals surface area contributed by atoms with Crippen LogP contribution in [0.4, 0.5) is 0 Å². The average molecular weight is 326 g/mol. The van der Waals surface area contributed by atoms with Crippen LogP contribution in [0.15, 0.2) is 29.1 Å². The van der Waals surface area contributed by atoms with Crippen molar-refractivity contribution in [3.63, 3.8) is 0 Å². The minimum absolute atomic E-state index is 0.0544. The van der Waals surface area contributed by atoms with E-state index in [0.717, 1.165) is 5.56 Å². The number of hydrogen-bond donors (Lipinski definition) is 4. The monoisotopic (exact) mass is 326 g/mol. The molecule has 1 aromatic carbocycles. The Balaban J connectivity index is 2.25. The van der Waals surface area contributed by atoms with Crippen LogP contribution in [0.3, 0.4) is 0 Å². The van der Waals surface area contributed by atoms with Gasteiger partial charge in [0.05, 0.1) is 6.61 Å². The van der Waals surface area contributed by atoms with Crippen molar-refractivity contribution in [3.8, 4) is 5.75 Å². The molecule has 5 atom stereocenters. The van der Waals surface area contributed by atoms with Gasteiger partial charge in [0, 0.05) is 0 Å². The first kappa shape index (κ1) is 17.8. The molecule has 128 valence electrons. The van der Waals surface area contributed by atoms with Gasteiger partial charge in [-0.2, -0.15) is 0 Å². The molecule has 0 spiro atoms. The fourth-order valence-corrected chi connectivity index (χ4v) is 2.35. The zero-order valence-electron chi connectivity index (χ0n) is 13.0. The summed E-state index contributed by atoms with van der Waals surface area (Å²) in [7, 11) is 0. The standard InChI is InChI=1S/C16H22O7/c1-8(2)9-4-3-5-11(10(18)6-9)22-16-15(21)14(20)13(19)12(7-17)23-16/h3-6,8,12-17,19-21H,7H2,1-2H3/t12-,13-,14+,15-,16?/m1/s1. The van der Waals surface area contributed by atoms with Crippen molar-refractivity contribution in [2.24, 2.45) is 0 Å². The van der Waals surface area contributed by atoms with Crippen LogP contribution in [0.25, 0.3) is 0 Å². The van der Waals surface area contributed by atoms with Crippen LogP contribution in [-0.4, -0.2) is 57.7 Å². The molecule has 7 nitrogen and oxygen atoms in total. The summed E-state index contributed by atoms with van der Waals surface area (Å²) in [6.07, 6.45) is -7.03. The van der Waals surface area contributed by atoms with Gasteiger partial charge in [0.2, 0.25) is 11.7 Å². The predicted octanol–water partition coefficient (Wildman–Crippen LogP) is -0.651. The van der Waals surface area contributed by atoms with Gasteiger partial charge in [-0.1, -0.05) is 26.0 Å². The third-order valence-electron chi connectivity index (χ3n) is 3.84. The van der Waals surface area contributed by atoms with E-state index in [1.165, 1.54) is 12.1 Å². The number of aliphatic hydroxyl groups is 4. The Labute approximate surface area is 133 Å². The maximum Gasteiger partial charge on any atom is 0.229 e. The molecule has 1 saturated heterocycles. The zero-order chi connectivity index (χ0) is 17.1. The highest BCUT2D eigenvalue weighted by Gasteiger charge is 2.44. The Morgan fingerprint density at radius 2 is 1.87 bits per heavy atom. The van der Waals surface area contributed by atoms with E-state index in [9.17, 15) is 20.1 Å². The number of rotatable bonds is 4. The van der Waals surface area contributed by atoms with Crippen molar-refractivity contribution < 1.29 is 29.9 Å². The fraction of sp³-hybridized carbons (Fsp3) is 0.562. The number of ether oxygens (including phenoxy) is 2. The van der Waals surface area contributed by atoms with Gasteiger partial charge in [-0.15, -0.1) is 0 Å². The van der Waals surface area contributed by atoms with E-state index in [1.807, 2.05) is 13.8 Å². The molecule has 0 bridgehead atoms. The Morgan fingerprint density at radius 3 is 2.48 bits per heavy atom. The van der Waals surface area contributed by atoms with E-state index in [-0.39, 0.29) is 11.7 Å². The molecular weight excluding hydrogens is 304 g/mol. The average Bonchev–Trinajstić information content (AvgIpc) is 2.70. The highest BCUT2D eigenvalue weighted by atomic mass is 16.7. The molecule has 0 saturated carbocycles. The SMILES string of the molecule is CC(C)c1cccc(OC2O[C@H](CO)[C@@H](O)[C@H](O)[C@H]2O)c(=O)c1. The highest BCUT2D eigenvalue weighted by Crippen LogP contribution is 2.23. The molecule has 1 aliphatic rings. The van der Waals surface area contributed by atoms with Crippen molar-refractivity contribution in [1.29, 1.82) is 0 Å². The molecule has 1 aliphatic heterocycles. The van der Waals surface area contributed by atoms with Gasteiger partial charge in [0.15, 0.2) is 5.75 Å². The molecule has 2 rings (SSSR count). The number of aliphatic hydroxyl groups excluding tert-OH is 4. The van der Waals surface area contributed by atoms with Crippen molar-refractivity contribution in [1.82, 2.24) is 0 Å². The highest BCUT2D eigenvalue weighted by molar-refractivity contribution is 5.27. The van der Waals surface area contributed by atoms with Gasteiger partial charge in [-0.05, 0) is 23.6 Å². The predicted molar refractivity (Wildman–Crippen MR) is 81.2 cm³/mol. The van der Waals surface area contributed by atoms with Crippen molar-refractivity contribution in [2.45, 2.75) is 50.5 Å². The van der Waals surface area contributed by atoms with E-state index < -0.39 is 42.7 Å². The Kier molecular flexibility index (Phi) is 5.72. The lowest BCUT2D eigenvalue weighted by molar-refractivity contribution is -0.277. The third kappa shape index (κ3) is 3.88. The van der Waals surface area contributed by atoms with Crippen LogP contribution in [0, 0.1) is 0 Å². The van der Waals surface area contributed by atoms with Crippen molar-refractivity contribution >= 4 is 0 Å². The van der Waals surface area contributed by atoms with Crippen molar-refractivity contribution in [2.75, 3.05) is 6.61 Å². The molecule has 0 radical (unpaired) electrons. The summed E-state index contributed by atoms with van der Waals surface area (Å²) in [4.78, 5) is 12.2. The normalized spacial score (nSPS) is 31.2. The molecule has 1 aromatic rings. The smallest absolute Gasteiger partial charge is 0.229 e. The summed E-state index contributed by atoms with van der Waals surface area (Å²) in [6, 6.07) is 6.31. The maximum atomic E-state index is 12.2. The lowest BCUT2D eigenvalue weighted by Crippen LogP contribution is -2.60. The van der Waals surface area contributed by atoms with E-state index in [4.69, 9.17) is 14.6 Å². The Bertz CT molecular complexity index is 587. The van der Waals surface area contributed by atoms with Gasteiger partial charge in [-0.3, -0.25) is 4.79 Å². The maximum absolute atomic E-state index is 12.2. The van der Waals surface area contributed by atoms with Crippen LogP contribution in [0.1, 0.15) is 25.3 Å². The van der Waals surface area contributed by atoms with Gasteiger partial charge < -0.3 is 29.9 Å². The lowest BCUT2D eigenvalue weighted by atomic mass is 9.99. The lowest BCUT2D eigenvalue weighted by Gasteiger charge is -2.39. The van der Waals surface area contributed by atoms with Crippen LogP contribution in [0.2, 0.25) is 0 Å². The summed E-state index contributed by atoms with van der Waals surface area (Å²) < 4.78 is 10.6. The van der Waals surface area contributed by atoms with Crippen LogP contribution < -0.4 is 10.2 Å². The summed E-state index contributed by atoms with van der Waals surface area (Å²) in [5.41, 5.74) is 0.439. The van der Waals surface area contributed by atoms with Crippen LogP contribution >= 0.6 is 0 Å². The Hall–Kier alpha value is -1.51. The number of hydrogen-bond acceptors (Lipinski definition) is 7. The van der Waals surface area contributed by atoms with E-state index >= 15 is 0 Å². The largest absolute Gasteiger partial charge is 0.458 e.